The van der Waals surface area contributed by atoms with Gasteiger partial charge in [0.25, 0.3) is 0 Å². The van der Waals surface area contributed by atoms with Crippen LogP contribution in [0.3, 0.4) is 0 Å². The average Bonchev–Trinajstić information content (AvgIpc) is 3.78. The highest BCUT2D eigenvalue weighted by molar-refractivity contribution is 9.10. The maximum Gasteiger partial charge on any atom is 0.169 e. The van der Waals surface area contributed by atoms with E-state index < -0.39 is 6.10 Å². The minimum atomic E-state index is -0.511. The molecule has 0 spiro atoms. The van der Waals surface area contributed by atoms with Crippen LogP contribution in [0.2, 0.25) is 0 Å². The Kier molecular flexibility index (Phi) is 10.7. The number of aromatic nitrogens is 6. The van der Waals surface area contributed by atoms with Crippen molar-refractivity contribution in [2.75, 3.05) is 39.3 Å². The van der Waals surface area contributed by atoms with Gasteiger partial charge in [-0.25, -0.2) is 19.0 Å². The number of ether oxygens (including phenoxy) is 2. The molecule has 1 atom stereocenters. The normalized spacial score (nSPS) is 18.6. The number of hydrogen-bond donors (Lipinski definition) is 1. The third-order valence-corrected chi connectivity index (χ3v) is 13.0. The number of hydrogen-bond acceptors (Lipinski definition) is 9. The fraction of sp³-hybridized carbons (Fsp3) is 0.375. The van der Waals surface area contributed by atoms with Crippen LogP contribution in [-0.2, 0) is 0 Å². The van der Waals surface area contributed by atoms with E-state index in [0.717, 1.165) is 92.1 Å². The fourth-order valence-electron chi connectivity index (χ4n) is 8.68. The number of fused-ring (bicyclic) bond motifs is 2. The first kappa shape index (κ1) is 39.0. The van der Waals surface area contributed by atoms with Gasteiger partial charge in [0.1, 0.15) is 22.7 Å². The summed E-state index contributed by atoms with van der Waals surface area (Å²) in [5, 5.41) is 18.8. The fourth-order valence-corrected chi connectivity index (χ4v) is 9.06. The molecule has 2 saturated carbocycles. The Morgan fingerprint density at radius 2 is 1.12 bits per heavy atom. The van der Waals surface area contributed by atoms with Gasteiger partial charge in [-0.05, 0) is 153 Å². The van der Waals surface area contributed by atoms with E-state index in [2.05, 4.69) is 89.4 Å². The van der Waals surface area contributed by atoms with Gasteiger partial charge >= 0.3 is 0 Å². The molecule has 4 aromatic heterocycles. The molecule has 0 amide bonds. The average molecular weight is 868 g/mol. The highest BCUT2D eigenvalue weighted by atomic mass is 79.9. The zero-order chi connectivity index (χ0) is 40.7. The largest absolute Gasteiger partial charge is 0.486 e. The molecule has 0 radical (unpaired) electrons. The van der Waals surface area contributed by atoms with Gasteiger partial charge in [-0.1, -0.05) is 42.5 Å². The molecule has 6 heterocycles. The van der Waals surface area contributed by atoms with Gasteiger partial charge in [0.15, 0.2) is 11.3 Å². The van der Waals surface area contributed by atoms with Gasteiger partial charge in [-0.3, -0.25) is 9.80 Å². The van der Waals surface area contributed by atoms with E-state index in [0.29, 0.717) is 0 Å². The number of aliphatic hydroxyl groups is 1. The van der Waals surface area contributed by atoms with Crippen molar-refractivity contribution in [2.24, 2.45) is 0 Å². The lowest BCUT2D eigenvalue weighted by atomic mass is 10.0. The molecule has 2 saturated heterocycles. The van der Waals surface area contributed by atoms with E-state index in [1.165, 1.54) is 64.7 Å². The first-order valence-electron chi connectivity index (χ1n) is 21.4. The maximum atomic E-state index is 9.92. The van der Waals surface area contributed by atoms with Crippen molar-refractivity contribution in [2.45, 2.75) is 75.6 Å². The van der Waals surface area contributed by atoms with E-state index in [1.807, 2.05) is 59.8 Å². The molecule has 4 aliphatic rings. The molecule has 60 heavy (non-hydrogen) atoms. The molecule has 11 rings (SSSR count). The third-order valence-electron chi connectivity index (χ3n) is 12.4. The van der Waals surface area contributed by atoms with Crippen LogP contribution >= 0.6 is 15.9 Å². The summed E-state index contributed by atoms with van der Waals surface area (Å²) < 4.78 is 17.3. The van der Waals surface area contributed by atoms with Crippen LogP contribution in [0.4, 0.5) is 0 Å². The van der Waals surface area contributed by atoms with Crippen molar-refractivity contribution in [1.82, 2.24) is 39.0 Å². The van der Waals surface area contributed by atoms with Crippen LogP contribution in [0.25, 0.3) is 44.7 Å². The number of rotatable bonds is 12. The molecule has 1 N–H and O–H groups in total. The molecule has 308 valence electrons. The summed E-state index contributed by atoms with van der Waals surface area (Å²) in [6.45, 7) is 8.77. The summed E-state index contributed by atoms with van der Waals surface area (Å²) in [7, 11) is 0. The van der Waals surface area contributed by atoms with Gasteiger partial charge in [-0.15, -0.1) is 0 Å². The Balaban J connectivity index is 0.000000149. The SMILES string of the molecule is Brc1cnn2cc(-c3ccc(OC4(CN5CCCC5)CC4)cc3)cnc12.C[C@H](O)c1cccc(-c2cnn3cc(-c4ccc(OC5(CN6CCCC6)CC5)cc4)cnc23)c1. The predicted molar refractivity (Wildman–Crippen MR) is 237 cm³/mol. The number of likely N-dealkylation sites (tertiary alicyclic amines) is 2. The zero-order valence-corrected chi connectivity index (χ0v) is 35.7. The number of halogens is 1. The van der Waals surface area contributed by atoms with Crippen LogP contribution in [-0.4, -0.2) is 94.6 Å². The molecule has 12 heteroatoms. The maximum absolute atomic E-state index is 9.92. The van der Waals surface area contributed by atoms with E-state index in [-0.39, 0.29) is 11.2 Å². The lowest BCUT2D eigenvalue weighted by molar-refractivity contribution is 0.126. The Morgan fingerprint density at radius 3 is 1.63 bits per heavy atom. The number of nitrogens with zero attached hydrogens (tertiary/aromatic N) is 8. The second-order valence-corrected chi connectivity index (χ2v) is 18.0. The molecular formula is C48H51BrN8O3. The smallest absolute Gasteiger partial charge is 0.169 e. The second-order valence-electron chi connectivity index (χ2n) is 17.2. The minimum Gasteiger partial charge on any atom is -0.486 e. The zero-order valence-electron chi connectivity index (χ0n) is 34.1. The van der Waals surface area contributed by atoms with Gasteiger partial charge < -0.3 is 14.6 Å². The standard InChI is InChI=1S/C28H30N4O2.C20H21BrN4O/c1-20(33)22-5-4-6-23(15-22)26-17-30-32-18-24(16-29-27(26)32)21-7-9-25(10-8-21)34-28(11-12-28)19-31-13-2-3-14-31;21-18-12-23-25-13-16(11-22-19(18)25)15-3-5-17(6-4-15)26-20(7-8-20)14-24-9-1-2-10-24/h4-10,15-18,20,33H,2-3,11-14,19H2,1H3;3-6,11-13H,1-2,7-10,14H2/t20-;/m0./s1. The topological polar surface area (TPSA) is 106 Å². The Bertz CT molecular complexity index is 2590. The molecule has 0 bridgehead atoms. The van der Waals surface area contributed by atoms with Crippen molar-refractivity contribution in [3.63, 3.8) is 0 Å². The Morgan fingerprint density at radius 1 is 0.617 bits per heavy atom. The lowest BCUT2D eigenvalue weighted by Gasteiger charge is -2.24. The Hall–Kier alpha value is -5.14. The molecule has 3 aromatic carbocycles. The van der Waals surface area contributed by atoms with Crippen molar-refractivity contribution >= 4 is 27.2 Å². The number of aliphatic hydroxyl groups excluding tert-OH is 1. The van der Waals surface area contributed by atoms with Crippen LogP contribution in [0.5, 0.6) is 11.5 Å². The Labute approximate surface area is 359 Å². The molecular weight excluding hydrogens is 816 g/mol. The highest BCUT2D eigenvalue weighted by Gasteiger charge is 2.48. The number of benzene rings is 3. The van der Waals surface area contributed by atoms with Gasteiger partial charge in [0.2, 0.25) is 0 Å². The van der Waals surface area contributed by atoms with E-state index in [4.69, 9.17) is 14.5 Å². The van der Waals surface area contributed by atoms with E-state index in [1.54, 1.807) is 17.6 Å². The highest BCUT2D eigenvalue weighted by Crippen LogP contribution is 2.43. The third kappa shape index (κ3) is 8.56. The van der Waals surface area contributed by atoms with Crippen LogP contribution in [0.15, 0.2) is 114 Å². The summed E-state index contributed by atoms with van der Waals surface area (Å²) >= 11 is 3.46. The van der Waals surface area contributed by atoms with Crippen LogP contribution in [0, 0.1) is 0 Å². The van der Waals surface area contributed by atoms with Crippen LogP contribution in [0.1, 0.15) is 70.0 Å². The quantitative estimate of drug-likeness (QED) is 0.129. The first-order valence-corrected chi connectivity index (χ1v) is 22.2. The molecule has 2 aliphatic carbocycles. The molecule has 11 nitrogen and oxygen atoms in total. The van der Waals surface area contributed by atoms with Gasteiger partial charge in [0, 0.05) is 54.6 Å². The molecule has 2 aliphatic heterocycles. The first-order chi connectivity index (χ1) is 29.3. The summed E-state index contributed by atoms with van der Waals surface area (Å²) in [5.74, 6) is 1.90. The van der Waals surface area contributed by atoms with E-state index in [9.17, 15) is 5.11 Å². The minimum absolute atomic E-state index is 0.0168. The molecule has 7 aromatic rings. The molecule has 4 fully saturated rings. The summed E-state index contributed by atoms with van der Waals surface area (Å²) in [4.78, 5) is 14.3. The molecule has 0 unspecified atom stereocenters. The van der Waals surface area contributed by atoms with E-state index >= 15 is 0 Å². The summed E-state index contributed by atoms with van der Waals surface area (Å²) in [6, 6.07) is 24.6. The summed E-state index contributed by atoms with van der Waals surface area (Å²) in [6.07, 6.45) is 20.8. The van der Waals surface area contributed by atoms with Gasteiger partial charge in [0.05, 0.1) is 23.0 Å². The van der Waals surface area contributed by atoms with Gasteiger partial charge in [-0.2, -0.15) is 10.2 Å². The monoisotopic (exact) mass is 866 g/mol. The van der Waals surface area contributed by atoms with Crippen LogP contribution < -0.4 is 9.47 Å². The second kappa shape index (κ2) is 16.4. The van der Waals surface area contributed by atoms with Crippen molar-refractivity contribution < 1.29 is 14.6 Å². The summed E-state index contributed by atoms with van der Waals surface area (Å²) in [5.41, 5.74) is 8.75. The van der Waals surface area contributed by atoms with Crippen molar-refractivity contribution in [3.05, 3.63) is 120 Å². The van der Waals surface area contributed by atoms with Crippen molar-refractivity contribution in [1.29, 1.82) is 0 Å². The van der Waals surface area contributed by atoms with Crippen molar-refractivity contribution in [3.8, 4) is 44.9 Å². The lowest BCUT2D eigenvalue weighted by Crippen LogP contribution is -2.35. The predicted octanol–water partition coefficient (Wildman–Crippen LogP) is 9.29.